The molecular weight excluding hydrogens is 406 g/mol. The van der Waals surface area contributed by atoms with Crippen molar-refractivity contribution in [1.82, 2.24) is 15.1 Å². The minimum absolute atomic E-state index is 0.0870. The Morgan fingerprint density at radius 1 is 1.03 bits per heavy atom. The molecule has 0 bridgehead atoms. The number of nitrogens with one attached hydrogen (secondary N) is 1. The molecule has 1 atom stereocenters. The fourth-order valence-corrected chi connectivity index (χ4v) is 3.95. The predicted octanol–water partition coefficient (Wildman–Crippen LogP) is 2.77. The number of carbonyl (C=O) groups is 2. The lowest BCUT2D eigenvalue weighted by Gasteiger charge is -2.30. The zero-order valence-electron chi connectivity index (χ0n) is 19.2. The Labute approximate surface area is 190 Å². The molecule has 7 nitrogen and oxygen atoms in total. The van der Waals surface area contributed by atoms with Crippen molar-refractivity contribution in [2.45, 2.75) is 19.3 Å². The number of piperazine rings is 1. The Hall–Kier alpha value is -3.06. The van der Waals surface area contributed by atoms with Crippen molar-refractivity contribution in [1.29, 1.82) is 0 Å². The number of nitrogens with zero attached hydrogens (tertiary/aromatic N) is 2. The van der Waals surface area contributed by atoms with Gasteiger partial charge >= 0.3 is 0 Å². The summed E-state index contributed by atoms with van der Waals surface area (Å²) in [6.45, 7) is 6.03. The van der Waals surface area contributed by atoms with E-state index in [-0.39, 0.29) is 17.7 Å². The summed E-state index contributed by atoms with van der Waals surface area (Å²) in [5.41, 5.74) is 1.67. The van der Waals surface area contributed by atoms with E-state index in [0.717, 1.165) is 18.7 Å². The first-order valence-corrected chi connectivity index (χ1v) is 11.1. The van der Waals surface area contributed by atoms with Crippen LogP contribution in [0.2, 0.25) is 0 Å². The number of rotatable bonds is 9. The van der Waals surface area contributed by atoms with Crippen LogP contribution in [0.5, 0.6) is 11.5 Å². The zero-order valence-corrected chi connectivity index (χ0v) is 19.2. The smallest absolute Gasteiger partial charge is 0.254 e. The van der Waals surface area contributed by atoms with Crippen LogP contribution >= 0.6 is 0 Å². The van der Waals surface area contributed by atoms with Crippen LogP contribution in [-0.4, -0.2) is 75.1 Å². The van der Waals surface area contributed by atoms with Gasteiger partial charge < -0.3 is 24.6 Å². The van der Waals surface area contributed by atoms with Crippen LogP contribution in [0, 0.1) is 0 Å². The molecule has 1 N–H and O–H groups in total. The van der Waals surface area contributed by atoms with Crippen LogP contribution < -0.4 is 14.8 Å². The molecule has 1 aliphatic rings. The molecule has 1 unspecified atom stereocenters. The minimum atomic E-state index is -0.123. The molecule has 1 aliphatic heterocycles. The SMILES string of the molecule is COc1ccc(C(=O)N(CCC(=O)N2CCNCC2)CC(C)c2ccccc2)cc1OC. The van der Waals surface area contributed by atoms with E-state index < -0.39 is 0 Å². The van der Waals surface area contributed by atoms with Gasteiger partial charge in [0.25, 0.3) is 5.91 Å². The highest BCUT2D eigenvalue weighted by atomic mass is 16.5. The molecule has 0 radical (unpaired) electrons. The van der Waals surface area contributed by atoms with E-state index in [1.54, 1.807) is 37.3 Å². The van der Waals surface area contributed by atoms with Crippen molar-refractivity contribution in [3.05, 3.63) is 59.7 Å². The van der Waals surface area contributed by atoms with E-state index in [0.29, 0.717) is 49.7 Å². The van der Waals surface area contributed by atoms with Gasteiger partial charge in [0.2, 0.25) is 5.91 Å². The van der Waals surface area contributed by atoms with Gasteiger partial charge in [0.05, 0.1) is 14.2 Å². The van der Waals surface area contributed by atoms with E-state index in [1.165, 1.54) is 0 Å². The Balaban J connectivity index is 1.77. The summed E-state index contributed by atoms with van der Waals surface area (Å²) >= 11 is 0. The fraction of sp³-hybridized carbons (Fsp3) is 0.440. The summed E-state index contributed by atoms with van der Waals surface area (Å²) < 4.78 is 10.7. The predicted molar refractivity (Wildman–Crippen MR) is 124 cm³/mol. The highest BCUT2D eigenvalue weighted by molar-refractivity contribution is 5.95. The quantitative estimate of drug-likeness (QED) is 0.651. The van der Waals surface area contributed by atoms with Crippen LogP contribution in [0.3, 0.4) is 0 Å². The van der Waals surface area contributed by atoms with E-state index >= 15 is 0 Å². The highest BCUT2D eigenvalue weighted by Crippen LogP contribution is 2.28. The second-order valence-electron chi connectivity index (χ2n) is 8.01. The van der Waals surface area contributed by atoms with Crippen LogP contribution in [-0.2, 0) is 4.79 Å². The lowest BCUT2D eigenvalue weighted by atomic mass is 10.00. The van der Waals surface area contributed by atoms with Crippen molar-refractivity contribution in [2.75, 3.05) is 53.5 Å². The highest BCUT2D eigenvalue weighted by Gasteiger charge is 2.23. The maximum atomic E-state index is 13.5. The van der Waals surface area contributed by atoms with Gasteiger partial charge in [0.1, 0.15) is 0 Å². The first-order valence-electron chi connectivity index (χ1n) is 11.1. The fourth-order valence-electron chi connectivity index (χ4n) is 3.95. The third-order valence-corrected chi connectivity index (χ3v) is 5.85. The Bertz CT molecular complexity index is 897. The van der Waals surface area contributed by atoms with Gasteiger partial charge in [0, 0.05) is 51.3 Å². The molecule has 3 rings (SSSR count). The first kappa shape index (κ1) is 23.6. The van der Waals surface area contributed by atoms with E-state index in [4.69, 9.17) is 9.47 Å². The van der Waals surface area contributed by atoms with E-state index in [2.05, 4.69) is 24.4 Å². The van der Waals surface area contributed by atoms with Crippen molar-refractivity contribution in [2.24, 2.45) is 0 Å². The molecule has 1 heterocycles. The number of hydrogen-bond acceptors (Lipinski definition) is 5. The second-order valence-corrected chi connectivity index (χ2v) is 8.01. The molecule has 1 saturated heterocycles. The lowest BCUT2D eigenvalue weighted by molar-refractivity contribution is -0.131. The van der Waals surface area contributed by atoms with Gasteiger partial charge in [0.15, 0.2) is 11.5 Å². The molecule has 0 spiro atoms. The van der Waals surface area contributed by atoms with Crippen LogP contribution in [0.25, 0.3) is 0 Å². The topological polar surface area (TPSA) is 71.1 Å². The average molecular weight is 440 g/mol. The summed E-state index contributed by atoms with van der Waals surface area (Å²) in [4.78, 5) is 29.8. The molecule has 1 fully saturated rings. The normalized spacial score (nSPS) is 14.5. The molecule has 2 aromatic carbocycles. The van der Waals surface area contributed by atoms with E-state index in [9.17, 15) is 9.59 Å². The molecule has 7 heteroatoms. The van der Waals surface area contributed by atoms with Crippen LogP contribution in [0.15, 0.2) is 48.5 Å². The van der Waals surface area contributed by atoms with Crippen molar-refractivity contribution >= 4 is 11.8 Å². The summed E-state index contributed by atoms with van der Waals surface area (Å²) in [5, 5.41) is 3.26. The number of amides is 2. The Morgan fingerprint density at radius 3 is 2.38 bits per heavy atom. The molecule has 0 saturated carbocycles. The van der Waals surface area contributed by atoms with Gasteiger partial charge in [-0.25, -0.2) is 0 Å². The summed E-state index contributed by atoms with van der Waals surface area (Å²) in [7, 11) is 3.11. The number of carbonyl (C=O) groups excluding carboxylic acids is 2. The zero-order chi connectivity index (χ0) is 22.9. The Morgan fingerprint density at radius 2 is 1.72 bits per heavy atom. The molecule has 172 valence electrons. The maximum absolute atomic E-state index is 13.5. The summed E-state index contributed by atoms with van der Waals surface area (Å²) in [5.74, 6) is 1.17. The van der Waals surface area contributed by atoms with Crippen molar-refractivity contribution < 1.29 is 19.1 Å². The first-order chi connectivity index (χ1) is 15.5. The third kappa shape index (κ3) is 6.01. The van der Waals surface area contributed by atoms with Gasteiger partial charge in [-0.3, -0.25) is 9.59 Å². The number of hydrogen-bond donors (Lipinski definition) is 1. The second kappa shape index (κ2) is 11.5. The van der Waals surface area contributed by atoms with E-state index in [1.807, 2.05) is 23.1 Å². The van der Waals surface area contributed by atoms with Gasteiger partial charge in [-0.15, -0.1) is 0 Å². The minimum Gasteiger partial charge on any atom is -0.493 e. The molecule has 0 aromatic heterocycles. The number of methoxy groups -OCH3 is 2. The van der Waals surface area contributed by atoms with Crippen LogP contribution in [0.4, 0.5) is 0 Å². The molecule has 2 amide bonds. The van der Waals surface area contributed by atoms with Crippen molar-refractivity contribution in [3.8, 4) is 11.5 Å². The lowest BCUT2D eigenvalue weighted by Crippen LogP contribution is -2.47. The monoisotopic (exact) mass is 439 g/mol. The largest absolute Gasteiger partial charge is 0.493 e. The van der Waals surface area contributed by atoms with Gasteiger partial charge in [-0.2, -0.15) is 0 Å². The summed E-state index contributed by atoms with van der Waals surface area (Å²) in [6.07, 6.45) is 0.306. The van der Waals surface area contributed by atoms with Gasteiger partial charge in [-0.05, 0) is 29.7 Å². The summed E-state index contributed by atoms with van der Waals surface area (Å²) in [6, 6.07) is 15.3. The maximum Gasteiger partial charge on any atom is 0.254 e. The Kier molecular flexibility index (Phi) is 8.50. The molecule has 2 aromatic rings. The number of benzene rings is 2. The number of ether oxygens (including phenoxy) is 2. The van der Waals surface area contributed by atoms with Crippen LogP contribution in [0.1, 0.15) is 35.2 Å². The molecular formula is C25H33N3O4. The van der Waals surface area contributed by atoms with Gasteiger partial charge in [-0.1, -0.05) is 37.3 Å². The molecule has 32 heavy (non-hydrogen) atoms. The van der Waals surface area contributed by atoms with Crippen molar-refractivity contribution in [3.63, 3.8) is 0 Å². The standard InChI is InChI=1S/C25H33N3O4/c1-19(20-7-5-4-6-8-20)18-28(14-11-24(29)27-15-12-26-13-16-27)25(30)21-9-10-22(31-2)23(17-21)32-3/h4-10,17,19,26H,11-16,18H2,1-3H3. The molecule has 0 aliphatic carbocycles. The third-order valence-electron chi connectivity index (χ3n) is 5.85. The average Bonchev–Trinajstić information content (AvgIpc) is 2.86.